The molecule has 2 aliphatic rings. The maximum atomic E-state index is 12.1. The molecule has 0 bridgehead atoms. The van der Waals surface area contributed by atoms with Crippen LogP contribution < -0.4 is 20.3 Å². The second-order valence-corrected chi connectivity index (χ2v) is 5.02. The lowest BCUT2D eigenvalue weighted by molar-refractivity contribution is -0.120. The smallest absolute Gasteiger partial charge is 0.243 e. The lowest BCUT2D eigenvalue weighted by Crippen LogP contribution is -2.48. The first kappa shape index (κ1) is 18.8. The minimum Gasteiger partial charge on any atom is -0.490 e. The molecule has 1 aromatic carbocycles. The van der Waals surface area contributed by atoms with Gasteiger partial charge in [0.25, 0.3) is 0 Å². The molecule has 1 amide bonds. The van der Waals surface area contributed by atoms with E-state index in [2.05, 4.69) is 15.5 Å². The molecular weight excluding hydrogens is 329 g/mol. The number of benzene rings is 1. The van der Waals surface area contributed by atoms with Crippen LogP contribution in [0.5, 0.6) is 5.75 Å². The molecule has 2 heterocycles. The first-order valence-electron chi connectivity index (χ1n) is 6.84. The molecule has 6 nitrogen and oxygen atoms in total. The largest absolute Gasteiger partial charge is 0.490 e. The van der Waals surface area contributed by atoms with Gasteiger partial charge in [0.1, 0.15) is 18.4 Å². The topological polar surface area (TPSA) is 62.8 Å². The molecule has 1 fully saturated rings. The first-order chi connectivity index (χ1) is 9.74. The van der Waals surface area contributed by atoms with Crippen molar-refractivity contribution in [2.75, 3.05) is 50.2 Å². The summed E-state index contributed by atoms with van der Waals surface area (Å²) in [6, 6.07) is 5.41. The summed E-state index contributed by atoms with van der Waals surface area (Å²) in [5, 5.41) is 6.06. The van der Waals surface area contributed by atoms with Crippen molar-refractivity contribution in [1.29, 1.82) is 0 Å². The zero-order valence-electron chi connectivity index (χ0n) is 12.3. The summed E-state index contributed by atoms with van der Waals surface area (Å²) in [6.07, 6.45) is 0. The molecule has 2 aliphatic heterocycles. The van der Waals surface area contributed by atoms with E-state index in [9.17, 15) is 4.79 Å². The number of likely N-dealkylation sites (N-methyl/N-ethyl adjacent to an activating group) is 1. The molecule has 1 atom stereocenters. The van der Waals surface area contributed by atoms with Crippen LogP contribution in [-0.2, 0) is 9.53 Å². The Kier molecular flexibility index (Phi) is 7.22. The SMILES string of the molecule is CN1CCOc2ccc(NC(=O)C3COCCN3)cc21.Cl.Cl. The number of amides is 1. The predicted molar refractivity (Wildman–Crippen MR) is 90.9 cm³/mol. The molecular formula is C14H21Cl2N3O3. The molecule has 0 aliphatic carbocycles. The molecule has 3 rings (SSSR count). The number of hydrogen-bond donors (Lipinski definition) is 2. The normalized spacial score (nSPS) is 19.9. The summed E-state index contributed by atoms with van der Waals surface area (Å²) in [5.41, 5.74) is 1.78. The maximum absolute atomic E-state index is 12.1. The number of fused-ring (bicyclic) bond motifs is 1. The van der Waals surface area contributed by atoms with Crippen molar-refractivity contribution in [2.45, 2.75) is 6.04 Å². The molecule has 0 aromatic heterocycles. The van der Waals surface area contributed by atoms with E-state index in [0.29, 0.717) is 26.4 Å². The van der Waals surface area contributed by atoms with E-state index < -0.39 is 0 Å². The van der Waals surface area contributed by atoms with Crippen LogP contribution in [0.15, 0.2) is 18.2 Å². The predicted octanol–water partition coefficient (Wildman–Crippen LogP) is 1.29. The fourth-order valence-corrected chi connectivity index (χ4v) is 2.39. The average Bonchev–Trinajstić information content (AvgIpc) is 2.49. The van der Waals surface area contributed by atoms with Gasteiger partial charge in [0.2, 0.25) is 5.91 Å². The highest BCUT2D eigenvalue weighted by molar-refractivity contribution is 5.95. The Hall–Kier alpha value is -1.21. The minimum atomic E-state index is -0.284. The van der Waals surface area contributed by atoms with Crippen LogP contribution in [0.4, 0.5) is 11.4 Å². The molecule has 124 valence electrons. The van der Waals surface area contributed by atoms with E-state index in [-0.39, 0.29) is 36.8 Å². The second kappa shape index (κ2) is 8.43. The van der Waals surface area contributed by atoms with Crippen molar-refractivity contribution in [2.24, 2.45) is 0 Å². The Morgan fingerprint density at radius 1 is 1.36 bits per heavy atom. The van der Waals surface area contributed by atoms with Crippen molar-refractivity contribution in [3.8, 4) is 5.75 Å². The highest BCUT2D eigenvalue weighted by atomic mass is 35.5. The quantitative estimate of drug-likeness (QED) is 0.842. The van der Waals surface area contributed by atoms with Crippen LogP contribution in [0.1, 0.15) is 0 Å². The number of halogens is 2. The number of rotatable bonds is 2. The van der Waals surface area contributed by atoms with Crippen LogP contribution >= 0.6 is 24.8 Å². The first-order valence-corrected chi connectivity index (χ1v) is 6.84. The highest BCUT2D eigenvalue weighted by Crippen LogP contribution is 2.33. The Morgan fingerprint density at radius 3 is 2.91 bits per heavy atom. The van der Waals surface area contributed by atoms with Crippen molar-refractivity contribution < 1.29 is 14.3 Å². The summed E-state index contributed by atoms with van der Waals surface area (Å²) < 4.78 is 10.9. The van der Waals surface area contributed by atoms with Crippen LogP contribution in [0.3, 0.4) is 0 Å². The number of hydrogen-bond acceptors (Lipinski definition) is 5. The van der Waals surface area contributed by atoms with Crippen molar-refractivity contribution in [3.63, 3.8) is 0 Å². The lowest BCUT2D eigenvalue weighted by atomic mass is 10.2. The number of carbonyl (C=O) groups is 1. The Bertz CT molecular complexity index is 510. The van der Waals surface area contributed by atoms with Crippen LogP contribution in [0, 0.1) is 0 Å². The fraction of sp³-hybridized carbons (Fsp3) is 0.500. The van der Waals surface area contributed by atoms with E-state index in [1.807, 2.05) is 25.2 Å². The van der Waals surface area contributed by atoms with Gasteiger partial charge in [-0.3, -0.25) is 4.79 Å². The Morgan fingerprint density at radius 2 is 2.18 bits per heavy atom. The van der Waals surface area contributed by atoms with Crippen LogP contribution in [0.2, 0.25) is 0 Å². The monoisotopic (exact) mass is 349 g/mol. The average molecular weight is 350 g/mol. The van der Waals surface area contributed by atoms with Gasteiger partial charge in [-0.05, 0) is 18.2 Å². The van der Waals surface area contributed by atoms with Crippen molar-refractivity contribution in [3.05, 3.63) is 18.2 Å². The zero-order chi connectivity index (χ0) is 13.9. The summed E-state index contributed by atoms with van der Waals surface area (Å²) >= 11 is 0. The number of nitrogens with one attached hydrogen (secondary N) is 2. The van der Waals surface area contributed by atoms with Gasteiger partial charge in [0.15, 0.2) is 0 Å². The number of nitrogens with zero attached hydrogens (tertiary/aromatic N) is 1. The molecule has 1 saturated heterocycles. The Balaban J connectivity index is 0.00000121. The summed E-state index contributed by atoms with van der Waals surface area (Å²) in [5.74, 6) is 0.792. The van der Waals surface area contributed by atoms with Crippen molar-refractivity contribution in [1.82, 2.24) is 5.32 Å². The van der Waals surface area contributed by atoms with Crippen LogP contribution in [-0.4, -0.2) is 51.9 Å². The third-order valence-corrected chi connectivity index (χ3v) is 3.56. The van der Waals surface area contributed by atoms with E-state index >= 15 is 0 Å². The molecule has 0 spiro atoms. The van der Waals surface area contributed by atoms with Gasteiger partial charge in [-0.2, -0.15) is 0 Å². The summed E-state index contributed by atoms with van der Waals surface area (Å²) in [6.45, 7) is 3.32. The van der Waals surface area contributed by atoms with Gasteiger partial charge in [0.05, 0.1) is 25.4 Å². The number of anilines is 2. The third kappa shape index (κ3) is 4.16. The summed E-state index contributed by atoms with van der Waals surface area (Å²) in [4.78, 5) is 14.2. The molecule has 0 radical (unpaired) electrons. The van der Waals surface area contributed by atoms with Crippen molar-refractivity contribution >= 4 is 42.1 Å². The van der Waals surface area contributed by atoms with Gasteiger partial charge >= 0.3 is 0 Å². The number of carbonyl (C=O) groups excluding carboxylic acids is 1. The van der Waals surface area contributed by atoms with E-state index in [0.717, 1.165) is 23.7 Å². The zero-order valence-corrected chi connectivity index (χ0v) is 14.0. The second-order valence-electron chi connectivity index (χ2n) is 5.02. The molecule has 1 unspecified atom stereocenters. The minimum absolute atomic E-state index is 0. The van der Waals surface area contributed by atoms with Gasteiger partial charge in [0, 0.05) is 19.3 Å². The Labute approximate surface area is 142 Å². The molecule has 2 N–H and O–H groups in total. The molecule has 1 aromatic rings. The molecule has 0 saturated carbocycles. The van der Waals surface area contributed by atoms with E-state index in [1.54, 1.807) is 0 Å². The number of morpholine rings is 1. The van der Waals surface area contributed by atoms with Gasteiger partial charge in [-0.15, -0.1) is 24.8 Å². The third-order valence-electron chi connectivity index (χ3n) is 3.56. The van der Waals surface area contributed by atoms with Gasteiger partial charge in [-0.1, -0.05) is 0 Å². The van der Waals surface area contributed by atoms with E-state index in [4.69, 9.17) is 9.47 Å². The fourth-order valence-electron chi connectivity index (χ4n) is 2.39. The highest BCUT2D eigenvalue weighted by Gasteiger charge is 2.22. The summed E-state index contributed by atoms with van der Waals surface area (Å²) in [7, 11) is 2.02. The van der Waals surface area contributed by atoms with E-state index in [1.165, 1.54) is 0 Å². The van der Waals surface area contributed by atoms with Gasteiger partial charge < -0.3 is 25.0 Å². The molecule has 22 heavy (non-hydrogen) atoms. The maximum Gasteiger partial charge on any atom is 0.243 e. The standard InChI is InChI=1S/C14H19N3O3.2ClH/c1-17-5-7-20-13-3-2-10(8-12(13)17)16-14(18)11-9-19-6-4-15-11;;/h2-3,8,11,15H,4-7,9H2,1H3,(H,16,18);2*1H. The van der Waals surface area contributed by atoms with Crippen LogP contribution in [0.25, 0.3) is 0 Å². The lowest BCUT2D eigenvalue weighted by Gasteiger charge is -2.28. The number of ether oxygens (including phenoxy) is 2. The van der Waals surface area contributed by atoms with Gasteiger partial charge in [-0.25, -0.2) is 0 Å². The molecule has 8 heteroatoms.